The Balaban J connectivity index is 0.909. The lowest BCUT2D eigenvalue weighted by atomic mass is 9.76. The van der Waals surface area contributed by atoms with E-state index in [-0.39, 0.29) is 0 Å². The Morgan fingerprint density at radius 2 is 0.593 bits per heavy atom. The number of benzene rings is 10. The average Bonchev–Trinajstić information content (AvgIpc) is 1.41. The molecule has 400 valence electrons. The molecular formula is C77H44N6O3. The summed E-state index contributed by atoms with van der Waals surface area (Å²) in [5, 5.41) is 22.0. The first-order valence-corrected chi connectivity index (χ1v) is 28.7. The third kappa shape index (κ3) is 6.86. The summed E-state index contributed by atoms with van der Waals surface area (Å²) in [6.45, 7) is 0. The van der Waals surface area contributed by atoms with Gasteiger partial charge in [-0.2, -0.15) is 5.26 Å². The third-order valence-corrected chi connectivity index (χ3v) is 17.3. The molecular weight excluding hydrogens is 1060 g/mol. The van der Waals surface area contributed by atoms with E-state index in [0.29, 0.717) is 5.56 Å². The lowest BCUT2D eigenvalue weighted by molar-refractivity contribution is 0.645. The molecule has 0 spiro atoms. The second-order valence-electron chi connectivity index (χ2n) is 21.9. The van der Waals surface area contributed by atoms with Crippen LogP contribution >= 0.6 is 0 Å². The monoisotopic (exact) mass is 1100 g/mol. The molecule has 0 amide bonds. The predicted octanol–water partition coefficient (Wildman–Crippen LogP) is 20.2. The Bertz CT molecular complexity index is 5560. The maximum absolute atomic E-state index is 12.2. The van der Waals surface area contributed by atoms with Crippen LogP contribution in [-0.4, -0.2) is 23.7 Å². The van der Waals surface area contributed by atoms with Crippen LogP contribution in [-0.2, 0) is 0 Å². The largest absolute Gasteiger partial charge is 0.439 e. The van der Waals surface area contributed by atoms with E-state index < -0.39 is 0 Å². The Kier molecular flexibility index (Phi) is 10.3. The van der Waals surface area contributed by atoms with E-state index in [1.54, 1.807) is 12.4 Å². The smallest absolute Gasteiger partial charge is 0.213 e. The molecule has 10 aromatic carbocycles. The standard InChI is InChI=1S/C77H44N6O3/c78-43-60-67(46-29-35-51(36-30-46)81-61-23-7-1-17-54(61)72-57-20-4-10-26-64(57)84-75(72)81)70(49-15-13-41-79-44-49)69(48-33-39-53(40-34-48)83-63-25-9-3-19-56(63)74-59-22-6-12-28-66(59)86-77(74)83)71(50-16-14-42-80-45-50)68(60)47-31-37-52(38-32-47)82-62-24-8-2-18-55(62)73-58-21-5-11-27-65(58)85-76(73)82/h1-42,44-45H. The van der Waals surface area contributed by atoms with Crippen molar-refractivity contribution >= 4 is 98.9 Å². The van der Waals surface area contributed by atoms with Crippen molar-refractivity contribution in [1.82, 2.24) is 23.7 Å². The molecule has 18 rings (SSSR count). The van der Waals surface area contributed by atoms with Crippen LogP contribution in [0.25, 0.3) is 172 Å². The van der Waals surface area contributed by atoms with Gasteiger partial charge in [-0.1, -0.05) is 158 Å². The van der Waals surface area contributed by atoms with Gasteiger partial charge in [-0.05, 0) is 107 Å². The minimum Gasteiger partial charge on any atom is -0.439 e. The molecule has 0 aliphatic carbocycles. The maximum atomic E-state index is 12.2. The number of para-hydroxylation sites is 6. The normalized spacial score (nSPS) is 11.9. The summed E-state index contributed by atoms with van der Waals surface area (Å²) in [5.74, 6) is 0. The quantitative estimate of drug-likeness (QED) is 0.150. The number of nitrogens with zero attached hydrogens (tertiary/aromatic N) is 6. The molecule has 86 heavy (non-hydrogen) atoms. The topological polar surface area (TPSA) is 104 Å². The Labute approximate surface area is 490 Å². The summed E-state index contributed by atoms with van der Waals surface area (Å²) in [4.78, 5) is 9.55. The van der Waals surface area contributed by atoms with Crippen LogP contribution in [0.5, 0.6) is 0 Å². The van der Waals surface area contributed by atoms with Crippen LogP contribution in [0.2, 0.25) is 0 Å². The molecule has 0 saturated carbocycles. The molecule has 0 N–H and O–H groups in total. The summed E-state index contributed by atoms with van der Waals surface area (Å²) in [5.41, 5.74) is 19.8. The van der Waals surface area contributed by atoms with Gasteiger partial charge in [0.1, 0.15) is 22.8 Å². The highest BCUT2D eigenvalue weighted by molar-refractivity contribution is 6.22. The van der Waals surface area contributed by atoms with Crippen molar-refractivity contribution < 1.29 is 13.3 Å². The zero-order chi connectivity index (χ0) is 56.6. The minimum atomic E-state index is 0.506. The number of aromatic nitrogens is 5. The molecule has 8 heterocycles. The molecule has 9 nitrogen and oxygen atoms in total. The zero-order valence-electron chi connectivity index (χ0n) is 45.8. The van der Waals surface area contributed by atoms with Crippen LogP contribution in [0.15, 0.2) is 281 Å². The number of hydrogen-bond acceptors (Lipinski definition) is 6. The van der Waals surface area contributed by atoms with Gasteiger partial charge in [0, 0.05) is 108 Å². The second kappa shape index (κ2) is 18.5. The number of hydrogen-bond donors (Lipinski definition) is 0. The zero-order valence-corrected chi connectivity index (χ0v) is 45.8. The molecule has 0 aliphatic rings. The van der Waals surface area contributed by atoms with Crippen LogP contribution in [0.3, 0.4) is 0 Å². The maximum Gasteiger partial charge on any atom is 0.213 e. The predicted molar refractivity (Wildman–Crippen MR) is 346 cm³/mol. The Morgan fingerprint density at radius 1 is 0.291 bits per heavy atom. The van der Waals surface area contributed by atoms with E-state index in [0.717, 1.165) is 172 Å². The van der Waals surface area contributed by atoms with Crippen molar-refractivity contribution in [2.24, 2.45) is 0 Å². The molecule has 0 fully saturated rings. The van der Waals surface area contributed by atoms with E-state index in [4.69, 9.17) is 23.2 Å². The van der Waals surface area contributed by atoms with Gasteiger partial charge in [0.05, 0.1) is 38.3 Å². The van der Waals surface area contributed by atoms with Crippen molar-refractivity contribution in [2.75, 3.05) is 0 Å². The van der Waals surface area contributed by atoms with E-state index in [1.807, 2.05) is 60.9 Å². The number of rotatable bonds is 8. The van der Waals surface area contributed by atoms with Gasteiger partial charge in [-0.3, -0.25) is 23.7 Å². The van der Waals surface area contributed by atoms with Crippen molar-refractivity contribution in [3.63, 3.8) is 0 Å². The fourth-order valence-electron chi connectivity index (χ4n) is 13.7. The van der Waals surface area contributed by atoms with Crippen LogP contribution < -0.4 is 0 Å². The van der Waals surface area contributed by atoms with Gasteiger partial charge in [0.15, 0.2) is 0 Å². The summed E-state index contributed by atoms with van der Waals surface area (Å²) < 4.78 is 26.8. The van der Waals surface area contributed by atoms with Gasteiger partial charge in [-0.15, -0.1) is 0 Å². The second-order valence-corrected chi connectivity index (χ2v) is 21.9. The van der Waals surface area contributed by atoms with E-state index in [2.05, 4.69) is 214 Å². The summed E-state index contributed by atoms with van der Waals surface area (Å²) in [6.07, 6.45) is 7.40. The van der Waals surface area contributed by atoms with Gasteiger partial charge in [0.25, 0.3) is 0 Å². The molecule has 0 unspecified atom stereocenters. The fraction of sp³-hybridized carbons (Fsp3) is 0. The molecule has 0 radical (unpaired) electrons. The summed E-state index contributed by atoms with van der Waals surface area (Å²) >= 11 is 0. The van der Waals surface area contributed by atoms with Crippen LogP contribution in [0.1, 0.15) is 5.56 Å². The summed E-state index contributed by atoms with van der Waals surface area (Å²) in [6, 6.07) is 86.9. The minimum absolute atomic E-state index is 0.506. The van der Waals surface area contributed by atoms with Crippen molar-refractivity contribution in [2.45, 2.75) is 0 Å². The van der Waals surface area contributed by atoms with Crippen LogP contribution in [0, 0.1) is 11.3 Å². The highest BCUT2D eigenvalue weighted by atomic mass is 16.4. The molecule has 9 heteroatoms. The van der Waals surface area contributed by atoms with Crippen LogP contribution in [0.4, 0.5) is 0 Å². The molecule has 0 bridgehead atoms. The average molecular weight is 1100 g/mol. The molecule has 0 aliphatic heterocycles. The Hall–Kier alpha value is -12.0. The number of pyridine rings is 2. The van der Waals surface area contributed by atoms with Gasteiger partial charge < -0.3 is 13.3 Å². The first-order valence-electron chi connectivity index (χ1n) is 28.7. The highest BCUT2D eigenvalue weighted by Gasteiger charge is 2.30. The molecule has 0 atom stereocenters. The Morgan fingerprint density at radius 3 is 0.919 bits per heavy atom. The lowest BCUT2D eigenvalue weighted by Crippen LogP contribution is -2.03. The molecule has 0 saturated heterocycles. The van der Waals surface area contributed by atoms with Gasteiger partial charge >= 0.3 is 0 Å². The first-order chi connectivity index (χ1) is 42.7. The fourth-order valence-corrected chi connectivity index (χ4v) is 13.7. The number of nitriles is 1. The molecule has 18 aromatic rings. The number of furan rings is 3. The van der Waals surface area contributed by atoms with E-state index >= 15 is 0 Å². The lowest BCUT2D eigenvalue weighted by Gasteiger charge is -2.26. The molecule has 8 aromatic heterocycles. The SMILES string of the molecule is N#Cc1c(-c2ccc(-n3c4ccccc4c4c5ccccc5oc43)cc2)c(-c2cccnc2)c(-c2ccc(-n3c4ccccc4c4c5ccccc5oc43)cc2)c(-c2cccnc2)c1-c1ccc(-n2c3ccccc3c3c4ccccc4oc32)cc1. The third-order valence-electron chi connectivity index (χ3n) is 17.3. The highest BCUT2D eigenvalue weighted by Crippen LogP contribution is 2.54. The van der Waals surface area contributed by atoms with Crippen molar-refractivity contribution in [3.8, 4) is 78.8 Å². The summed E-state index contributed by atoms with van der Waals surface area (Å²) in [7, 11) is 0. The van der Waals surface area contributed by atoms with Crippen molar-refractivity contribution in [3.05, 3.63) is 273 Å². The van der Waals surface area contributed by atoms with Gasteiger partial charge in [0.2, 0.25) is 17.1 Å². The van der Waals surface area contributed by atoms with Gasteiger partial charge in [-0.25, -0.2) is 0 Å². The first kappa shape index (κ1) is 47.6. The number of fused-ring (bicyclic) bond motifs is 15. The van der Waals surface area contributed by atoms with Crippen molar-refractivity contribution in [1.29, 1.82) is 5.26 Å². The van der Waals surface area contributed by atoms with E-state index in [9.17, 15) is 5.26 Å². The van der Waals surface area contributed by atoms with E-state index in [1.165, 1.54) is 0 Å².